The molecule has 0 nitrogen and oxygen atoms in total. The van der Waals surface area contributed by atoms with Gasteiger partial charge in [-0.15, -0.1) is 0 Å². The van der Waals surface area contributed by atoms with Gasteiger partial charge in [0, 0.05) is 33.5 Å². The molecule has 2 unspecified atom stereocenters. The van der Waals surface area contributed by atoms with E-state index in [4.69, 9.17) is 0 Å². The van der Waals surface area contributed by atoms with Crippen LogP contribution in [0.25, 0.3) is 0 Å². The Hall–Kier alpha value is 1.40. The molecule has 1 aliphatic heterocycles. The van der Waals surface area contributed by atoms with Gasteiger partial charge in [-0.1, -0.05) is 27.7 Å². The molecule has 16 heavy (non-hydrogen) atoms. The lowest BCUT2D eigenvalue weighted by atomic mass is 10.5. The van der Waals surface area contributed by atoms with Gasteiger partial charge >= 0.3 is 0 Å². The van der Waals surface area contributed by atoms with Crippen LogP contribution in [0, 0.1) is 0 Å². The Morgan fingerprint density at radius 3 is 1.50 bits per heavy atom. The van der Waals surface area contributed by atoms with Crippen LogP contribution >= 0.6 is 47.0 Å². The van der Waals surface area contributed by atoms with Crippen molar-refractivity contribution in [1.29, 1.82) is 0 Å². The quantitative estimate of drug-likeness (QED) is 0.708. The first-order chi connectivity index (χ1) is 7.58. The summed E-state index contributed by atoms with van der Waals surface area (Å²) in [6.07, 6.45) is 0. The van der Waals surface area contributed by atoms with Crippen molar-refractivity contribution in [3.8, 4) is 0 Å². The molecule has 1 heterocycles. The van der Waals surface area contributed by atoms with Gasteiger partial charge in [0.25, 0.3) is 0 Å². The smallest absolute Gasteiger partial charge is 0.0229 e. The summed E-state index contributed by atoms with van der Waals surface area (Å²) < 4.78 is 0. The maximum atomic E-state index is 2.30. The SMILES string of the molecule is CC(C)SCC1CSC(CSC(C)C)CS1. The summed E-state index contributed by atoms with van der Waals surface area (Å²) in [5.41, 5.74) is 0. The predicted octanol–water partition coefficient (Wildman–Crippen LogP) is 4.49. The van der Waals surface area contributed by atoms with E-state index in [1.807, 2.05) is 0 Å². The van der Waals surface area contributed by atoms with Crippen LogP contribution in [0.2, 0.25) is 0 Å². The first-order valence-corrected chi connectivity index (χ1v) is 10.2. The minimum atomic E-state index is 0.792. The Morgan fingerprint density at radius 2 is 1.25 bits per heavy atom. The fraction of sp³-hybridized carbons (Fsp3) is 1.00. The zero-order valence-corrected chi connectivity index (χ0v) is 14.0. The lowest BCUT2D eigenvalue weighted by Crippen LogP contribution is -2.25. The topological polar surface area (TPSA) is 0 Å². The van der Waals surface area contributed by atoms with Crippen molar-refractivity contribution in [2.75, 3.05) is 23.0 Å². The van der Waals surface area contributed by atoms with E-state index in [-0.39, 0.29) is 0 Å². The molecule has 96 valence electrons. The van der Waals surface area contributed by atoms with Gasteiger partial charge in [0.05, 0.1) is 0 Å². The van der Waals surface area contributed by atoms with Gasteiger partial charge in [0.2, 0.25) is 0 Å². The molecule has 0 aliphatic carbocycles. The molecule has 1 fully saturated rings. The number of hydrogen-bond donors (Lipinski definition) is 0. The van der Waals surface area contributed by atoms with Gasteiger partial charge in [-0.3, -0.25) is 0 Å². The number of thioether (sulfide) groups is 4. The van der Waals surface area contributed by atoms with Gasteiger partial charge in [0.15, 0.2) is 0 Å². The minimum absolute atomic E-state index is 0.792. The third kappa shape index (κ3) is 6.97. The molecule has 0 saturated carbocycles. The van der Waals surface area contributed by atoms with E-state index in [1.165, 1.54) is 23.0 Å². The van der Waals surface area contributed by atoms with E-state index in [0.29, 0.717) is 0 Å². The first kappa shape index (κ1) is 15.5. The third-order valence-electron chi connectivity index (χ3n) is 2.27. The van der Waals surface area contributed by atoms with Crippen molar-refractivity contribution in [3.05, 3.63) is 0 Å². The third-order valence-corrected chi connectivity index (χ3v) is 8.43. The van der Waals surface area contributed by atoms with Crippen molar-refractivity contribution in [3.63, 3.8) is 0 Å². The second-order valence-corrected chi connectivity index (χ2v) is 10.6. The van der Waals surface area contributed by atoms with Crippen LogP contribution in [0.3, 0.4) is 0 Å². The van der Waals surface area contributed by atoms with E-state index < -0.39 is 0 Å². The Bertz CT molecular complexity index is 154. The van der Waals surface area contributed by atoms with Crippen LogP contribution in [-0.2, 0) is 0 Å². The average molecular weight is 297 g/mol. The fourth-order valence-corrected chi connectivity index (χ4v) is 6.80. The molecule has 0 radical (unpaired) electrons. The highest BCUT2D eigenvalue weighted by Crippen LogP contribution is 2.34. The summed E-state index contributed by atoms with van der Waals surface area (Å²) >= 11 is 8.66. The second-order valence-electron chi connectivity index (χ2n) is 4.67. The van der Waals surface area contributed by atoms with Gasteiger partial charge in [-0.05, 0) is 10.5 Å². The summed E-state index contributed by atoms with van der Waals surface area (Å²) in [6, 6.07) is 0. The molecule has 2 atom stereocenters. The van der Waals surface area contributed by atoms with Crippen molar-refractivity contribution in [2.24, 2.45) is 0 Å². The molecular weight excluding hydrogens is 272 g/mol. The van der Waals surface area contributed by atoms with Crippen molar-refractivity contribution in [1.82, 2.24) is 0 Å². The van der Waals surface area contributed by atoms with Crippen LogP contribution < -0.4 is 0 Å². The predicted molar refractivity (Wildman–Crippen MR) is 87.7 cm³/mol. The van der Waals surface area contributed by atoms with E-state index in [0.717, 1.165) is 21.0 Å². The zero-order valence-electron chi connectivity index (χ0n) is 10.8. The molecule has 4 heteroatoms. The number of hydrogen-bond acceptors (Lipinski definition) is 4. The molecule has 0 bridgehead atoms. The van der Waals surface area contributed by atoms with Gasteiger partial charge < -0.3 is 0 Å². The van der Waals surface area contributed by atoms with Crippen LogP contribution in [-0.4, -0.2) is 44.0 Å². The second kappa shape index (κ2) is 8.49. The van der Waals surface area contributed by atoms with Crippen molar-refractivity contribution in [2.45, 2.75) is 48.7 Å². The molecule has 0 N–H and O–H groups in total. The highest BCUT2D eigenvalue weighted by atomic mass is 32.2. The Labute approximate surface area is 118 Å². The molecule has 0 aromatic rings. The molecular formula is C12H24S4. The largest absolute Gasteiger partial charge is 0.158 e. The molecule has 1 aliphatic rings. The lowest BCUT2D eigenvalue weighted by Gasteiger charge is -2.28. The molecule has 0 aromatic carbocycles. The summed E-state index contributed by atoms with van der Waals surface area (Å²) in [7, 11) is 0. The van der Waals surface area contributed by atoms with Crippen LogP contribution in [0.5, 0.6) is 0 Å². The summed E-state index contributed by atoms with van der Waals surface area (Å²) in [6.45, 7) is 9.20. The molecule has 0 amide bonds. The van der Waals surface area contributed by atoms with Gasteiger partial charge in [0.1, 0.15) is 0 Å². The van der Waals surface area contributed by atoms with E-state index in [1.54, 1.807) is 0 Å². The summed E-state index contributed by atoms with van der Waals surface area (Å²) in [5.74, 6) is 5.43. The van der Waals surface area contributed by atoms with Gasteiger partial charge in [-0.2, -0.15) is 47.0 Å². The molecule has 0 aromatic heterocycles. The maximum absolute atomic E-state index is 2.30. The normalized spacial score (nSPS) is 26.6. The van der Waals surface area contributed by atoms with Crippen LogP contribution in [0.15, 0.2) is 0 Å². The Balaban J connectivity index is 2.09. The minimum Gasteiger partial charge on any atom is -0.158 e. The molecule has 1 saturated heterocycles. The maximum Gasteiger partial charge on any atom is 0.0229 e. The monoisotopic (exact) mass is 296 g/mol. The summed E-state index contributed by atoms with van der Waals surface area (Å²) in [4.78, 5) is 0. The molecule has 1 rings (SSSR count). The fourth-order valence-electron chi connectivity index (χ4n) is 1.38. The van der Waals surface area contributed by atoms with E-state index in [9.17, 15) is 0 Å². The van der Waals surface area contributed by atoms with Crippen LogP contribution in [0.4, 0.5) is 0 Å². The highest BCUT2D eigenvalue weighted by Gasteiger charge is 2.22. The Morgan fingerprint density at radius 1 is 0.875 bits per heavy atom. The first-order valence-electron chi connectivity index (χ1n) is 6.04. The summed E-state index contributed by atoms with van der Waals surface area (Å²) in [5, 5.41) is 3.38. The molecule has 0 spiro atoms. The van der Waals surface area contributed by atoms with E-state index >= 15 is 0 Å². The Kier molecular flexibility index (Phi) is 8.20. The van der Waals surface area contributed by atoms with Crippen molar-refractivity contribution < 1.29 is 0 Å². The van der Waals surface area contributed by atoms with Gasteiger partial charge in [-0.25, -0.2) is 0 Å². The zero-order chi connectivity index (χ0) is 12.0. The highest BCUT2D eigenvalue weighted by molar-refractivity contribution is 8.09. The van der Waals surface area contributed by atoms with E-state index in [2.05, 4.69) is 74.7 Å². The van der Waals surface area contributed by atoms with Crippen molar-refractivity contribution >= 4 is 47.0 Å². The average Bonchev–Trinajstić information content (AvgIpc) is 2.25. The number of rotatable bonds is 6. The van der Waals surface area contributed by atoms with Crippen LogP contribution in [0.1, 0.15) is 27.7 Å². The standard InChI is InChI=1S/C12H24S4/c1-9(2)13-5-11-7-16-12(8-15-11)6-14-10(3)4/h9-12H,5-8H2,1-4H3. The lowest BCUT2D eigenvalue weighted by molar-refractivity contribution is 1.04.